The number of aliphatic hydroxyl groups is 1. The Morgan fingerprint density at radius 2 is 1.68 bits per heavy atom. The van der Waals surface area contributed by atoms with Gasteiger partial charge in [-0.1, -0.05) is 50.2 Å². The summed E-state index contributed by atoms with van der Waals surface area (Å²) in [5.74, 6) is -0.480. The third-order valence-electron chi connectivity index (χ3n) is 11.5. The van der Waals surface area contributed by atoms with Crippen LogP contribution in [0.4, 0.5) is 5.82 Å². The molecule has 5 aromatic heterocycles. The number of aliphatic hydroxyl groups excluding tert-OH is 1. The van der Waals surface area contributed by atoms with E-state index < -0.39 is 18.1 Å². The number of carbonyl (C=O) groups is 2. The standard InChI is InChI=1S/C47H50N10O7S/c1-26(2)43(47(61)56-24-34(58)18-38(56)46(60)52-27(3)30-10-12-31(13-11-30)44-28(4)50-25-65-44)40-20-42(55-64-40)63-17-16-62-41-15-14-32(21-49-41)29(5)57-23-33(22-51-57)36-19-37(53-54-45(36)48)35-8-6-7-9-39(35)59/h6-15,19-23,25-27,29,34,38,43,58-59H,16-18,24H2,1-5H3,(H2,48,54)(H,52,60)/t27-,29?,34+,38-,43?/m0/s1. The second-order valence-corrected chi connectivity index (χ2v) is 17.2. The zero-order chi connectivity index (χ0) is 45.8. The molecule has 65 heavy (non-hydrogen) atoms. The number of nitrogens with two attached hydrogens (primary N) is 1. The molecule has 1 aliphatic rings. The third kappa shape index (κ3) is 9.83. The number of aromatic hydroxyl groups is 1. The van der Waals surface area contributed by atoms with E-state index in [1.807, 2.05) is 82.7 Å². The van der Waals surface area contributed by atoms with Crippen LogP contribution in [0, 0.1) is 12.8 Å². The number of pyridine rings is 1. The first-order chi connectivity index (χ1) is 31.3. The molecule has 5 atom stereocenters. The van der Waals surface area contributed by atoms with Crippen LogP contribution in [0.5, 0.6) is 17.5 Å². The number of phenols is 1. The highest BCUT2D eigenvalue weighted by Gasteiger charge is 2.43. The molecule has 0 bridgehead atoms. The number of nitrogens with one attached hydrogen (secondary N) is 1. The zero-order valence-electron chi connectivity index (χ0n) is 36.5. The molecule has 2 aromatic carbocycles. The van der Waals surface area contributed by atoms with E-state index in [9.17, 15) is 19.8 Å². The first kappa shape index (κ1) is 44.4. The van der Waals surface area contributed by atoms with Gasteiger partial charge in [-0.2, -0.15) is 5.10 Å². The molecule has 5 N–H and O–H groups in total. The highest BCUT2D eigenvalue weighted by Crippen LogP contribution is 2.35. The van der Waals surface area contributed by atoms with E-state index in [0.717, 1.165) is 32.8 Å². The Kier molecular flexibility index (Phi) is 13.2. The highest BCUT2D eigenvalue weighted by molar-refractivity contribution is 7.13. The molecule has 0 radical (unpaired) electrons. The summed E-state index contributed by atoms with van der Waals surface area (Å²) in [7, 11) is 0. The van der Waals surface area contributed by atoms with Crippen LogP contribution in [-0.2, 0) is 9.59 Å². The molecular weight excluding hydrogens is 849 g/mol. The average molecular weight is 899 g/mol. The molecule has 336 valence electrons. The van der Waals surface area contributed by atoms with Gasteiger partial charge in [-0.15, -0.1) is 21.5 Å². The fourth-order valence-corrected chi connectivity index (χ4v) is 8.73. The molecule has 6 heterocycles. The molecule has 2 amide bonds. The van der Waals surface area contributed by atoms with Crippen molar-refractivity contribution >= 4 is 29.0 Å². The second kappa shape index (κ2) is 19.3. The monoisotopic (exact) mass is 898 g/mol. The van der Waals surface area contributed by atoms with Crippen LogP contribution in [0.2, 0.25) is 0 Å². The third-order valence-corrected chi connectivity index (χ3v) is 12.5. The minimum atomic E-state index is -0.859. The van der Waals surface area contributed by atoms with Crippen molar-refractivity contribution in [2.24, 2.45) is 5.92 Å². The van der Waals surface area contributed by atoms with Gasteiger partial charge >= 0.3 is 0 Å². The molecule has 17 nitrogen and oxygen atoms in total. The van der Waals surface area contributed by atoms with Crippen molar-refractivity contribution in [1.82, 2.24) is 45.3 Å². The summed E-state index contributed by atoms with van der Waals surface area (Å²) in [5.41, 5.74) is 14.3. The number of phenolic OH excluding ortho intramolecular Hbond substituents is 1. The lowest BCUT2D eigenvalue weighted by atomic mass is 9.91. The zero-order valence-corrected chi connectivity index (χ0v) is 37.3. The van der Waals surface area contributed by atoms with Crippen LogP contribution in [0.15, 0.2) is 101 Å². The Morgan fingerprint density at radius 3 is 2.38 bits per heavy atom. The second-order valence-electron chi connectivity index (χ2n) is 16.4. The summed E-state index contributed by atoms with van der Waals surface area (Å²) >= 11 is 1.58. The van der Waals surface area contributed by atoms with Gasteiger partial charge in [0.2, 0.25) is 17.7 Å². The Labute approximate surface area is 379 Å². The van der Waals surface area contributed by atoms with Crippen molar-refractivity contribution in [3.63, 3.8) is 0 Å². The number of para-hydroxylation sites is 1. The predicted molar refractivity (Wildman–Crippen MR) is 243 cm³/mol. The number of thiazole rings is 1. The fraction of sp³-hybridized carbons (Fsp3) is 0.319. The van der Waals surface area contributed by atoms with Crippen LogP contribution in [0.3, 0.4) is 0 Å². The van der Waals surface area contributed by atoms with E-state index in [1.165, 1.54) is 4.90 Å². The number of anilines is 1. The topological polar surface area (TPSA) is 230 Å². The lowest BCUT2D eigenvalue weighted by Crippen LogP contribution is -2.48. The quantitative estimate of drug-likeness (QED) is 0.0735. The number of benzene rings is 2. The molecule has 18 heteroatoms. The van der Waals surface area contributed by atoms with Gasteiger partial charge in [0.05, 0.1) is 46.2 Å². The van der Waals surface area contributed by atoms with E-state index in [1.54, 1.807) is 64.8 Å². The van der Waals surface area contributed by atoms with Gasteiger partial charge in [0, 0.05) is 54.2 Å². The number of nitrogen functional groups attached to an aromatic ring is 1. The van der Waals surface area contributed by atoms with E-state index in [-0.39, 0.29) is 73.4 Å². The fourth-order valence-electron chi connectivity index (χ4n) is 7.91. The smallest absolute Gasteiger partial charge is 0.254 e. The van der Waals surface area contributed by atoms with Gasteiger partial charge in [-0.25, -0.2) is 9.97 Å². The number of hydrogen-bond acceptors (Lipinski definition) is 15. The molecule has 1 saturated heterocycles. The lowest BCUT2D eigenvalue weighted by Gasteiger charge is -2.29. The molecule has 1 fully saturated rings. The van der Waals surface area contributed by atoms with Crippen molar-refractivity contribution in [1.29, 1.82) is 0 Å². The molecular formula is C47H50N10O7S. The number of ether oxygens (including phenoxy) is 2. The number of amides is 2. The summed E-state index contributed by atoms with van der Waals surface area (Å²) in [6, 6.07) is 20.5. The van der Waals surface area contributed by atoms with Crippen LogP contribution in [0.1, 0.15) is 74.7 Å². The van der Waals surface area contributed by atoms with Crippen molar-refractivity contribution in [2.45, 2.75) is 71.2 Å². The van der Waals surface area contributed by atoms with Crippen molar-refractivity contribution < 1.29 is 33.8 Å². The molecule has 1 aliphatic heterocycles. The Hall–Kier alpha value is -7.18. The van der Waals surface area contributed by atoms with E-state index in [0.29, 0.717) is 28.5 Å². The molecule has 8 rings (SSSR count). The molecule has 2 unspecified atom stereocenters. The molecule has 0 saturated carbocycles. The van der Waals surface area contributed by atoms with Gasteiger partial charge in [0.25, 0.3) is 5.88 Å². The molecule has 7 aromatic rings. The number of aryl methyl sites for hydroxylation is 1. The summed E-state index contributed by atoms with van der Waals surface area (Å²) in [6.45, 7) is 9.92. The lowest BCUT2D eigenvalue weighted by molar-refractivity contribution is -0.141. The van der Waals surface area contributed by atoms with E-state index in [2.05, 4.69) is 35.7 Å². The summed E-state index contributed by atoms with van der Waals surface area (Å²) < 4.78 is 19.1. The van der Waals surface area contributed by atoms with Crippen molar-refractivity contribution in [3.05, 3.63) is 119 Å². The van der Waals surface area contributed by atoms with Crippen LogP contribution < -0.4 is 20.5 Å². The predicted octanol–water partition coefficient (Wildman–Crippen LogP) is 6.76. The van der Waals surface area contributed by atoms with Gasteiger partial charge in [0.15, 0.2) is 11.6 Å². The summed E-state index contributed by atoms with van der Waals surface area (Å²) in [5, 5.41) is 40.9. The number of likely N-dealkylation sites (tertiary alicyclic amines) is 1. The maximum absolute atomic E-state index is 14.1. The normalized spacial score (nSPS) is 16.3. The number of rotatable bonds is 16. The van der Waals surface area contributed by atoms with Crippen molar-refractivity contribution in [2.75, 3.05) is 25.5 Å². The minimum Gasteiger partial charge on any atom is -0.507 e. The SMILES string of the molecule is Cc1ncsc1-c1ccc([C@H](C)NC(=O)[C@@H]2C[C@@H](O)CN2C(=O)C(c2cc(OCCOc3ccc(C(C)n4cc(-c5cc(-c6ccccc6O)nnc5N)cn4)cn3)no2)C(C)C)cc1. The number of aromatic nitrogens is 7. The molecule has 0 spiro atoms. The maximum atomic E-state index is 14.1. The van der Waals surface area contributed by atoms with Gasteiger partial charge < -0.3 is 40.2 Å². The van der Waals surface area contributed by atoms with Gasteiger partial charge in [-0.05, 0) is 72.8 Å². The van der Waals surface area contributed by atoms with Crippen LogP contribution >= 0.6 is 11.3 Å². The summed E-state index contributed by atoms with van der Waals surface area (Å²) in [4.78, 5) is 39.2. The van der Waals surface area contributed by atoms with E-state index in [4.69, 9.17) is 19.7 Å². The number of β-amino-alcohol motifs (C(OH)–C–C–N with tert-alkyl or cyclic N) is 1. The average Bonchev–Trinajstić information content (AvgIpc) is 4.14. The van der Waals surface area contributed by atoms with Gasteiger partial charge in [-0.3, -0.25) is 14.3 Å². The Bertz CT molecular complexity index is 2750. The number of carbonyl (C=O) groups excluding carboxylic acids is 2. The summed E-state index contributed by atoms with van der Waals surface area (Å²) in [6.07, 6.45) is 4.55. The van der Waals surface area contributed by atoms with E-state index >= 15 is 0 Å². The van der Waals surface area contributed by atoms with Crippen LogP contribution in [-0.4, -0.2) is 93.9 Å². The highest BCUT2D eigenvalue weighted by atomic mass is 32.1. The number of nitrogens with zero attached hydrogens (tertiary/aromatic N) is 8. The first-order valence-corrected chi connectivity index (χ1v) is 22.2. The Balaban J connectivity index is 0.832. The van der Waals surface area contributed by atoms with Crippen LogP contribution in [0.25, 0.3) is 32.8 Å². The largest absolute Gasteiger partial charge is 0.507 e. The Morgan fingerprint density at radius 1 is 0.923 bits per heavy atom. The number of hydrogen-bond donors (Lipinski definition) is 4. The van der Waals surface area contributed by atoms with Crippen molar-refractivity contribution in [3.8, 4) is 50.3 Å². The molecule has 0 aliphatic carbocycles. The van der Waals surface area contributed by atoms with Gasteiger partial charge in [0.1, 0.15) is 30.9 Å². The maximum Gasteiger partial charge on any atom is 0.254 e. The first-order valence-electron chi connectivity index (χ1n) is 21.3. The minimum absolute atomic E-state index is 0.0216.